The van der Waals surface area contributed by atoms with Gasteiger partial charge in [-0.05, 0) is 24.6 Å². The van der Waals surface area contributed by atoms with E-state index in [1.807, 2.05) is 13.0 Å². The lowest BCUT2D eigenvalue weighted by molar-refractivity contribution is 0.729. The number of nitrogens with one attached hydrogen (secondary N) is 1. The Hall–Kier alpha value is -0.840. The average Bonchev–Trinajstić information content (AvgIpc) is 2.62. The highest BCUT2D eigenvalue weighted by molar-refractivity contribution is 7.98. The van der Waals surface area contributed by atoms with Crippen molar-refractivity contribution in [3.63, 3.8) is 0 Å². The maximum atomic E-state index is 11.3. The Labute approximate surface area is 119 Å². The highest BCUT2D eigenvalue weighted by atomic mass is 35.5. The second-order valence-corrected chi connectivity index (χ2v) is 5.83. The first-order valence-corrected chi connectivity index (χ1v) is 7.05. The van der Waals surface area contributed by atoms with Crippen LogP contribution >= 0.6 is 35.0 Å². The van der Waals surface area contributed by atoms with E-state index in [4.69, 9.17) is 23.2 Å². The van der Waals surface area contributed by atoms with Crippen molar-refractivity contribution in [2.24, 2.45) is 7.05 Å². The largest absolute Gasteiger partial charge is 0.299 e. The molecule has 6 heteroatoms. The van der Waals surface area contributed by atoms with Crippen LogP contribution in [-0.4, -0.2) is 9.78 Å². The Morgan fingerprint density at radius 2 is 2.00 bits per heavy atom. The first kappa shape index (κ1) is 13.6. The summed E-state index contributed by atoms with van der Waals surface area (Å²) >= 11 is 13.7. The molecule has 0 atom stereocenters. The molecule has 0 spiro atoms. The predicted molar refractivity (Wildman–Crippen MR) is 76.8 cm³/mol. The minimum absolute atomic E-state index is 0.0380. The molecule has 0 radical (unpaired) electrons. The molecule has 0 fully saturated rings. The van der Waals surface area contributed by atoms with Crippen molar-refractivity contribution in [2.45, 2.75) is 17.6 Å². The van der Waals surface area contributed by atoms with Crippen molar-refractivity contribution in [3.8, 4) is 0 Å². The number of hydrogen-bond donors (Lipinski definition) is 1. The number of aromatic nitrogens is 2. The molecule has 0 unspecified atom stereocenters. The fourth-order valence-electron chi connectivity index (χ4n) is 1.52. The fraction of sp³-hybridized carbons (Fsp3) is 0.250. The standard InChI is InChI=1S/C12H12Cl2N2OS/c1-7-3-11(10(14)5-9(7)13)18-6-8-4-12(17)16(2)15-8/h3-5,15H,6H2,1-2H3. The van der Waals surface area contributed by atoms with Crippen LogP contribution in [0.15, 0.2) is 27.9 Å². The Bertz CT molecular complexity index is 633. The highest BCUT2D eigenvalue weighted by Gasteiger charge is 2.07. The maximum Gasteiger partial charge on any atom is 0.266 e. The van der Waals surface area contributed by atoms with Crippen molar-refractivity contribution in [3.05, 3.63) is 49.9 Å². The summed E-state index contributed by atoms with van der Waals surface area (Å²) in [5, 5.41) is 4.27. The van der Waals surface area contributed by atoms with Gasteiger partial charge in [-0.25, -0.2) is 0 Å². The summed E-state index contributed by atoms with van der Waals surface area (Å²) in [7, 11) is 1.69. The van der Waals surface area contributed by atoms with E-state index < -0.39 is 0 Å². The molecule has 0 saturated carbocycles. The van der Waals surface area contributed by atoms with Crippen LogP contribution in [0.4, 0.5) is 0 Å². The second kappa shape index (κ2) is 5.43. The smallest absolute Gasteiger partial charge is 0.266 e. The Kier molecular flexibility index (Phi) is 4.10. The van der Waals surface area contributed by atoms with Crippen LogP contribution in [0.25, 0.3) is 0 Å². The number of halogens is 2. The summed E-state index contributed by atoms with van der Waals surface area (Å²) in [6.45, 7) is 1.94. The summed E-state index contributed by atoms with van der Waals surface area (Å²) in [4.78, 5) is 12.3. The van der Waals surface area contributed by atoms with E-state index in [9.17, 15) is 4.79 Å². The Morgan fingerprint density at radius 1 is 1.28 bits per heavy atom. The summed E-state index contributed by atoms with van der Waals surface area (Å²) in [5.74, 6) is 0.664. The summed E-state index contributed by atoms with van der Waals surface area (Å²) in [6.07, 6.45) is 0. The lowest BCUT2D eigenvalue weighted by atomic mass is 10.2. The number of nitrogens with zero attached hydrogens (tertiary/aromatic N) is 1. The third-order valence-corrected chi connectivity index (χ3v) is 4.47. The second-order valence-electron chi connectivity index (χ2n) is 4.00. The van der Waals surface area contributed by atoms with E-state index in [0.29, 0.717) is 15.8 Å². The summed E-state index contributed by atoms with van der Waals surface area (Å²) < 4.78 is 1.45. The van der Waals surface area contributed by atoms with Gasteiger partial charge in [0.1, 0.15) is 0 Å². The van der Waals surface area contributed by atoms with E-state index in [2.05, 4.69) is 5.10 Å². The predicted octanol–water partition coefficient (Wildman–Crippen LogP) is 3.62. The monoisotopic (exact) mass is 302 g/mol. The number of thioether (sulfide) groups is 1. The first-order valence-electron chi connectivity index (χ1n) is 5.30. The van der Waals surface area contributed by atoms with Crippen LogP contribution in [0.3, 0.4) is 0 Å². The van der Waals surface area contributed by atoms with E-state index >= 15 is 0 Å². The number of aromatic amines is 1. The Morgan fingerprint density at radius 3 is 2.61 bits per heavy atom. The van der Waals surface area contributed by atoms with Gasteiger partial charge in [0.2, 0.25) is 0 Å². The van der Waals surface area contributed by atoms with E-state index in [0.717, 1.165) is 16.2 Å². The molecule has 2 aromatic rings. The van der Waals surface area contributed by atoms with E-state index in [1.54, 1.807) is 30.9 Å². The lowest BCUT2D eigenvalue weighted by Gasteiger charge is -2.06. The van der Waals surface area contributed by atoms with Gasteiger partial charge in [-0.1, -0.05) is 23.2 Å². The number of rotatable bonds is 3. The lowest BCUT2D eigenvalue weighted by Crippen LogP contribution is -2.09. The zero-order valence-corrected chi connectivity index (χ0v) is 12.3. The van der Waals surface area contributed by atoms with Crippen molar-refractivity contribution in [2.75, 3.05) is 0 Å². The van der Waals surface area contributed by atoms with Gasteiger partial charge in [-0.3, -0.25) is 14.6 Å². The quantitative estimate of drug-likeness (QED) is 0.879. The topological polar surface area (TPSA) is 37.8 Å². The molecule has 0 saturated heterocycles. The Balaban J connectivity index is 2.15. The van der Waals surface area contributed by atoms with Crippen molar-refractivity contribution < 1.29 is 0 Å². The van der Waals surface area contributed by atoms with Gasteiger partial charge in [-0.15, -0.1) is 11.8 Å². The van der Waals surface area contributed by atoms with Crippen molar-refractivity contribution >= 4 is 35.0 Å². The molecule has 1 N–H and O–H groups in total. The van der Waals surface area contributed by atoms with Crippen LogP contribution < -0.4 is 5.56 Å². The van der Waals surface area contributed by atoms with Gasteiger partial charge in [-0.2, -0.15) is 0 Å². The van der Waals surface area contributed by atoms with Gasteiger partial charge in [0.25, 0.3) is 5.56 Å². The molecule has 96 valence electrons. The zero-order chi connectivity index (χ0) is 13.3. The minimum Gasteiger partial charge on any atom is -0.299 e. The molecule has 0 aliphatic carbocycles. The number of aryl methyl sites for hydroxylation is 2. The molecule has 1 heterocycles. The third kappa shape index (κ3) is 2.94. The van der Waals surface area contributed by atoms with Gasteiger partial charge in [0.05, 0.1) is 5.02 Å². The molecule has 1 aromatic heterocycles. The van der Waals surface area contributed by atoms with Gasteiger partial charge in [0.15, 0.2) is 0 Å². The number of hydrogen-bond acceptors (Lipinski definition) is 2. The summed E-state index contributed by atoms with van der Waals surface area (Å²) in [5.41, 5.74) is 1.82. The summed E-state index contributed by atoms with van der Waals surface area (Å²) in [6, 6.07) is 5.29. The number of benzene rings is 1. The molecule has 1 aromatic carbocycles. The molecule has 0 aliphatic heterocycles. The molecular formula is C12H12Cl2N2OS. The van der Waals surface area contributed by atoms with Crippen molar-refractivity contribution in [1.29, 1.82) is 0 Å². The molecule has 0 bridgehead atoms. The van der Waals surface area contributed by atoms with Crippen LogP contribution in [0.2, 0.25) is 10.0 Å². The van der Waals surface area contributed by atoms with Crippen LogP contribution in [-0.2, 0) is 12.8 Å². The molecule has 18 heavy (non-hydrogen) atoms. The highest BCUT2D eigenvalue weighted by Crippen LogP contribution is 2.33. The molecule has 0 amide bonds. The molecule has 2 rings (SSSR count). The van der Waals surface area contributed by atoms with Gasteiger partial charge in [0, 0.05) is 34.5 Å². The first-order chi connectivity index (χ1) is 8.47. The van der Waals surface area contributed by atoms with Crippen molar-refractivity contribution in [1.82, 2.24) is 9.78 Å². The molecule has 3 nitrogen and oxygen atoms in total. The third-order valence-electron chi connectivity index (χ3n) is 2.54. The minimum atomic E-state index is -0.0380. The molecular weight excluding hydrogens is 291 g/mol. The van der Waals surface area contributed by atoms with Gasteiger partial charge >= 0.3 is 0 Å². The van der Waals surface area contributed by atoms with E-state index in [-0.39, 0.29) is 5.56 Å². The van der Waals surface area contributed by atoms with E-state index in [1.165, 1.54) is 4.68 Å². The van der Waals surface area contributed by atoms with Crippen LogP contribution in [0.1, 0.15) is 11.3 Å². The van der Waals surface area contributed by atoms with Crippen LogP contribution in [0.5, 0.6) is 0 Å². The van der Waals surface area contributed by atoms with Crippen LogP contribution in [0, 0.1) is 6.92 Å². The maximum absolute atomic E-state index is 11.3. The number of H-pyrrole nitrogens is 1. The fourth-order valence-corrected chi connectivity index (χ4v) is 2.98. The normalized spacial score (nSPS) is 10.9. The van der Waals surface area contributed by atoms with Gasteiger partial charge < -0.3 is 0 Å². The molecule has 0 aliphatic rings. The average molecular weight is 303 g/mol. The zero-order valence-electron chi connectivity index (χ0n) is 9.96. The SMILES string of the molecule is Cc1cc(SCc2cc(=O)n(C)[nH]2)c(Cl)cc1Cl.